The van der Waals surface area contributed by atoms with E-state index in [4.69, 9.17) is 9.72 Å². The van der Waals surface area contributed by atoms with Crippen LogP contribution in [-0.4, -0.2) is 19.1 Å². The number of nitrogens with one attached hydrogen (secondary N) is 1. The Kier molecular flexibility index (Phi) is 5.15. The molecule has 1 heterocycles. The molecule has 0 radical (unpaired) electrons. The van der Waals surface area contributed by atoms with Crippen molar-refractivity contribution >= 4 is 11.3 Å². The number of hydrogen-bond acceptors (Lipinski definition) is 4. The van der Waals surface area contributed by atoms with Crippen LogP contribution in [-0.2, 0) is 13.0 Å². The first kappa shape index (κ1) is 15.0. The molecule has 0 saturated carbocycles. The van der Waals surface area contributed by atoms with Gasteiger partial charge in [-0.15, -0.1) is 11.3 Å². The molecule has 4 heteroatoms. The summed E-state index contributed by atoms with van der Waals surface area (Å²) in [5.41, 5.74) is 2.38. The van der Waals surface area contributed by atoms with E-state index in [9.17, 15) is 0 Å². The second kappa shape index (κ2) is 6.86. The number of ether oxygens (including phenoxy) is 1. The molecule has 2 rings (SSSR count). The summed E-state index contributed by atoms with van der Waals surface area (Å²) in [5.74, 6) is 1.50. The summed E-state index contributed by atoms with van der Waals surface area (Å²) in [7, 11) is 3.66. The van der Waals surface area contributed by atoms with Gasteiger partial charge in [-0.1, -0.05) is 13.8 Å². The average molecular weight is 290 g/mol. The maximum absolute atomic E-state index is 5.20. The molecule has 20 heavy (non-hydrogen) atoms. The highest BCUT2D eigenvalue weighted by Crippen LogP contribution is 2.30. The summed E-state index contributed by atoms with van der Waals surface area (Å²) in [5, 5.41) is 4.32. The predicted molar refractivity (Wildman–Crippen MR) is 85.4 cm³/mol. The first-order valence-electron chi connectivity index (χ1n) is 6.91. The summed E-state index contributed by atoms with van der Waals surface area (Å²) in [6, 6.07) is 8.10. The molecule has 0 bridgehead atoms. The van der Waals surface area contributed by atoms with Crippen molar-refractivity contribution in [3.8, 4) is 16.3 Å². The van der Waals surface area contributed by atoms with Crippen LogP contribution in [0.5, 0.6) is 5.75 Å². The zero-order valence-electron chi connectivity index (χ0n) is 12.6. The fourth-order valence-electron chi connectivity index (χ4n) is 2.09. The minimum absolute atomic E-state index is 0.622. The van der Waals surface area contributed by atoms with E-state index in [2.05, 4.69) is 31.3 Å². The van der Waals surface area contributed by atoms with E-state index in [-0.39, 0.29) is 0 Å². The number of hydrogen-bond donors (Lipinski definition) is 1. The molecule has 0 unspecified atom stereocenters. The SMILES string of the molecule is CNCc1sc(-c2ccc(OC)cc2)nc1CC(C)C. The molecule has 1 aromatic heterocycles. The Morgan fingerprint density at radius 1 is 1.25 bits per heavy atom. The monoisotopic (exact) mass is 290 g/mol. The van der Waals surface area contributed by atoms with Crippen LogP contribution in [0.15, 0.2) is 24.3 Å². The molecule has 0 spiro atoms. The van der Waals surface area contributed by atoms with Crippen LogP contribution < -0.4 is 10.1 Å². The molecule has 1 aromatic carbocycles. The van der Waals surface area contributed by atoms with E-state index in [0.29, 0.717) is 5.92 Å². The molecule has 1 N–H and O–H groups in total. The van der Waals surface area contributed by atoms with Crippen LogP contribution in [0.1, 0.15) is 24.4 Å². The van der Waals surface area contributed by atoms with Gasteiger partial charge >= 0.3 is 0 Å². The number of benzene rings is 1. The van der Waals surface area contributed by atoms with Crippen molar-refractivity contribution in [2.24, 2.45) is 5.92 Å². The highest BCUT2D eigenvalue weighted by molar-refractivity contribution is 7.15. The van der Waals surface area contributed by atoms with Gasteiger partial charge in [0.25, 0.3) is 0 Å². The molecule has 0 amide bonds. The number of thiazole rings is 1. The molecular weight excluding hydrogens is 268 g/mol. The van der Waals surface area contributed by atoms with Gasteiger partial charge in [0.1, 0.15) is 10.8 Å². The highest BCUT2D eigenvalue weighted by atomic mass is 32.1. The topological polar surface area (TPSA) is 34.1 Å². The Labute approximate surface area is 125 Å². The van der Waals surface area contributed by atoms with E-state index in [0.717, 1.165) is 29.3 Å². The van der Waals surface area contributed by atoms with E-state index in [1.165, 1.54) is 10.6 Å². The van der Waals surface area contributed by atoms with Crippen LogP contribution in [0.4, 0.5) is 0 Å². The zero-order valence-corrected chi connectivity index (χ0v) is 13.4. The van der Waals surface area contributed by atoms with Crippen LogP contribution in [0.3, 0.4) is 0 Å². The van der Waals surface area contributed by atoms with Crippen LogP contribution in [0.25, 0.3) is 10.6 Å². The van der Waals surface area contributed by atoms with Crippen molar-refractivity contribution in [1.29, 1.82) is 0 Å². The molecule has 0 aliphatic heterocycles. The van der Waals surface area contributed by atoms with Crippen molar-refractivity contribution in [2.75, 3.05) is 14.2 Å². The summed E-state index contributed by atoms with van der Waals surface area (Å²) < 4.78 is 5.20. The fraction of sp³-hybridized carbons (Fsp3) is 0.438. The van der Waals surface area contributed by atoms with Crippen molar-refractivity contribution in [1.82, 2.24) is 10.3 Å². The van der Waals surface area contributed by atoms with Crippen molar-refractivity contribution < 1.29 is 4.74 Å². The molecule has 2 aromatic rings. The zero-order chi connectivity index (χ0) is 14.5. The summed E-state index contributed by atoms with van der Waals surface area (Å²) in [4.78, 5) is 6.17. The third-order valence-corrected chi connectivity index (χ3v) is 4.20. The lowest BCUT2D eigenvalue weighted by Crippen LogP contribution is -2.07. The number of rotatable bonds is 6. The number of nitrogens with zero attached hydrogens (tertiary/aromatic N) is 1. The Morgan fingerprint density at radius 2 is 1.95 bits per heavy atom. The molecule has 108 valence electrons. The normalized spacial score (nSPS) is 11.1. The quantitative estimate of drug-likeness (QED) is 0.880. The van der Waals surface area contributed by atoms with E-state index in [1.54, 1.807) is 18.4 Å². The van der Waals surface area contributed by atoms with E-state index < -0.39 is 0 Å². The van der Waals surface area contributed by atoms with Gasteiger partial charge in [0.05, 0.1) is 12.8 Å². The minimum atomic E-state index is 0.622. The Bertz CT molecular complexity index is 546. The predicted octanol–water partition coefficient (Wildman–Crippen LogP) is 3.74. The first-order valence-corrected chi connectivity index (χ1v) is 7.73. The van der Waals surface area contributed by atoms with Crippen LogP contribution in [0.2, 0.25) is 0 Å². The lowest BCUT2D eigenvalue weighted by Gasteiger charge is -2.03. The smallest absolute Gasteiger partial charge is 0.123 e. The Hall–Kier alpha value is -1.39. The Balaban J connectivity index is 2.30. The van der Waals surface area contributed by atoms with Crippen molar-refractivity contribution in [3.05, 3.63) is 34.8 Å². The third-order valence-electron chi connectivity index (χ3n) is 3.05. The minimum Gasteiger partial charge on any atom is -0.497 e. The second-order valence-electron chi connectivity index (χ2n) is 5.25. The van der Waals surface area contributed by atoms with Gasteiger partial charge in [0.2, 0.25) is 0 Å². The van der Waals surface area contributed by atoms with Crippen LogP contribution >= 0.6 is 11.3 Å². The molecule has 0 aliphatic rings. The molecular formula is C16H22N2OS. The third kappa shape index (κ3) is 3.58. The molecule has 0 saturated heterocycles. The lowest BCUT2D eigenvalue weighted by atomic mass is 10.1. The van der Waals surface area contributed by atoms with Gasteiger partial charge in [-0.05, 0) is 43.7 Å². The van der Waals surface area contributed by atoms with E-state index in [1.807, 2.05) is 19.2 Å². The Morgan fingerprint density at radius 3 is 2.50 bits per heavy atom. The van der Waals surface area contributed by atoms with Gasteiger partial charge in [0.15, 0.2) is 0 Å². The lowest BCUT2D eigenvalue weighted by molar-refractivity contribution is 0.415. The van der Waals surface area contributed by atoms with Gasteiger partial charge in [-0.3, -0.25) is 0 Å². The highest BCUT2D eigenvalue weighted by Gasteiger charge is 2.13. The summed E-state index contributed by atoms with van der Waals surface area (Å²) in [6.45, 7) is 5.35. The molecule has 3 nitrogen and oxygen atoms in total. The van der Waals surface area contributed by atoms with Gasteiger partial charge in [-0.25, -0.2) is 4.98 Å². The van der Waals surface area contributed by atoms with Crippen molar-refractivity contribution in [2.45, 2.75) is 26.8 Å². The summed E-state index contributed by atoms with van der Waals surface area (Å²) >= 11 is 1.78. The molecule has 0 aliphatic carbocycles. The molecule has 0 fully saturated rings. The largest absolute Gasteiger partial charge is 0.497 e. The van der Waals surface area contributed by atoms with Gasteiger partial charge in [-0.2, -0.15) is 0 Å². The van der Waals surface area contributed by atoms with Crippen LogP contribution in [0, 0.1) is 5.92 Å². The van der Waals surface area contributed by atoms with Gasteiger partial charge < -0.3 is 10.1 Å². The summed E-state index contributed by atoms with van der Waals surface area (Å²) in [6.07, 6.45) is 1.03. The maximum atomic E-state index is 5.20. The second-order valence-corrected chi connectivity index (χ2v) is 6.33. The first-order chi connectivity index (χ1) is 9.63. The van der Waals surface area contributed by atoms with E-state index >= 15 is 0 Å². The number of methoxy groups -OCH3 is 1. The van der Waals surface area contributed by atoms with Gasteiger partial charge in [0, 0.05) is 17.0 Å². The maximum Gasteiger partial charge on any atom is 0.123 e. The fourth-order valence-corrected chi connectivity index (χ4v) is 3.19. The average Bonchev–Trinajstić information content (AvgIpc) is 2.82. The molecule has 0 atom stereocenters. The van der Waals surface area contributed by atoms with Crippen molar-refractivity contribution in [3.63, 3.8) is 0 Å². The number of aromatic nitrogens is 1. The standard InChI is InChI=1S/C16H22N2OS/c1-11(2)9-14-15(10-17-3)20-16(18-14)12-5-7-13(19-4)8-6-12/h5-8,11,17H,9-10H2,1-4H3.